The van der Waals surface area contributed by atoms with E-state index in [-0.39, 0.29) is 23.3 Å². The van der Waals surface area contributed by atoms with Crippen LogP contribution in [0.15, 0.2) is 74.0 Å². The van der Waals surface area contributed by atoms with E-state index in [1.54, 1.807) is 62.4 Å². The summed E-state index contributed by atoms with van der Waals surface area (Å²) < 4.78 is 18.9. The van der Waals surface area contributed by atoms with Crippen LogP contribution in [-0.2, 0) is 9.53 Å². The van der Waals surface area contributed by atoms with Crippen LogP contribution < -0.4 is 19.6 Å². The number of carbonyl (C=O) groups is 2. The van der Waals surface area contributed by atoms with Crippen molar-refractivity contribution in [2.45, 2.75) is 39.7 Å². The third-order valence-corrected chi connectivity index (χ3v) is 8.33. The lowest BCUT2D eigenvalue weighted by Crippen LogP contribution is -2.40. The van der Waals surface area contributed by atoms with Crippen LogP contribution in [0, 0.1) is 6.92 Å². The maximum absolute atomic E-state index is 14.1. The number of esters is 1. The van der Waals surface area contributed by atoms with Gasteiger partial charge in [-0.25, -0.2) is 14.6 Å². The smallest absolute Gasteiger partial charge is 0.338 e. The zero-order valence-corrected chi connectivity index (χ0v) is 25.5. The number of ether oxygens (including phenoxy) is 2. The number of benzene rings is 2. The van der Waals surface area contributed by atoms with Gasteiger partial charge in [-0.2, -0.15) is 0 Å². The average molecular weight is 621 g/mol. The topological polar surface area (TPSA) is 120 Å². The number of allylic oxidation sites excluding steroid dienone is 1. The molecule has 5 rings (SSSR count). The van der Waals surface area contributed by atoms with Gasteiger partial charge in [-0.3, -0.25) is 9.36 Å². The van der Waals surface area contributed by atoms with Crippen molar-refractivity contribution in [3.05, 3.63) is 107 Å². The third kappa shape index (κ3) is 5.68. The molecule has 43 heavy (non-hydrogen) atoms. The molecule has 1 aliphatic rings. The molecule has 0 spiro atoms. The van der Waals surface area contributed by atoms with Crippen LogP contribution in [0.5, 0.6) is 5.75 Å². The van der Waals surface area contributed by atoms with Crippen LogP contribution in [0.25, 0.3) is 17.4 Å². The summed E-state index contributed by atoms with van der Waals surface area (Å²) in [4.78, 5) is 44.3. The number of aromatic nitrogens is 1. The van der Waals surface area contributed by atoms with E-state index in [4.69, 9.17) is 30.5 Å². The van der Waals surface area contributed by atoms with Gasteiger partial charge in [0, 0.05) is 22.2 Å². The second kappa shape index (κ2) is 12.4. The lowest BCUT2D eigenvalue weighted by atomic mass is 9.93. The van der Waals surface area contributed by atoms with E-state index in [1.165, 1.54) is 29.1 Å². The van der Waals surface area contributed by atoms with Crippen LogP contribution in [0.4, 0.5) is 0 Å². The molecule has 2 aromatic carbocycles. The molecule has 9 nitrogen and oxygen atoms in total. The molecule has 1 N–H and O–H groups in total. The number of furan rings is 1. The molecule has 0 unspecified atom stereocenters. The van der Waals surface area contributed by atoms with Crippen LogP contribution >= 0.6 is 22.9 Å². The highest BCUT2D eigenvalue weighted by molar-refractivity contribution is 7.07. The van der Waals surface area contributed by atoms with E-state index in [0.29, 0.717) is 66.9 Å². The Balaban J connectivity index is 1.70. The fourth-order valence-corrected chi connectivity index (χ4v) is 6.35. The van der Waals surface area contributed by atoms with Crippen molar-refractivity contribution in [2.24, 2.45) is 4.99 Å². The monoisotopic (exact) mass is 620 g/mol. The van der Waals surface area contributed by atoms with Crippen molar-refractivity contribution in [3.63, 3.8) is 0 Å². The molecule has 0 saturated heterocycles. The Hall–Kier alpha value is -4.41. The first kappa shape index (κ1) is 30.1. The summed E-state index contributed by atoms with van der Waals surface area (Å²) in [7, 11) is 1.51. The molecule has 222 valence electrons. The number of halogens is 1. The Kier molecular flexibility index (Phi) is 8.70. The number of methoxy groups -OCH3 is 1. The Morgan fingerprint density at radius 1 is 1.19 bits per heavy atom. The van der Waals surface area contributed by atoms with Crippen molar-refractivity contribution >= 4 is 41.0 Å². The van der Waals surface area contributed by atoms with E-state index >= 15 is 0 Å². The third-order valence-electron chi connectivity index (χ3n) is 7.11. The van der Waals surface area contributed by atoms with Gasteiger partial charge in [-0.15, -0.1) is 0 Å². The minimum absolute atomic E-state index is 0.154. The molecule has 3 heterocycles. The molecule has 11 heteroatoms. The van der Waals surface area contributed by atoms with Crippen LogP contribution in [0.2, 0.25) is 5.02 Å². The molecule has 1 aliphatic heterocycles. The number of thiazole rings is 1. The zero-order valence-electron chi connectivity index (χ0n) is 24.0. The molecule has 0 fully saturated rings. The number of rotatable bonds is 9. The first-order valence-electron chi connectivity index (χ1n) is 13.7. The fourth-order valence-electron chi connectivity index (χ4n) is 5.17. The van der Waals surface area contributed by atoms with Gasteiger partial charge in [0.05, 0.1) is 35.1 Å². The van der Waals surface area contributed by atoms with Crippen molar-refractivity contribution in [2.75, 3.05) is 13.7 Å². The van der Waals surface area contributed by atoms with Crippen molar-refractivity contribution in [3.8, 4) is 17.1 Å². The van der Waals surface area contributed by atoms with Crippen LogP contribution in [0.1, 0.15) is 60.0 Å². The van der Waals surface area contributed by atoms with Gasteiger partial charge in [0.25, 0.3) is 5.56 Å². The molecule has 2 aromatic heterocycles. The summed E-state index contributed by atoms with van der Waals surface area (Å²) in [6.07, 6.45) is 2.83. The number of carbonyl (C=O) groups excluding carboxylic acids is 1. The molecule has 0 amide bonds. The first-order chi connectivity index (χ1) is 20.7. The van der Waals surface area contributed by atoms with Crippen LogP contribution in [0.3, 0.4) is 0 Å². The van der Waals surface area contributed by atoms with Crippen LogP contribution in [-0.4, -0.2) is 35.3 Å². The van der Waals surface area contributed by atoms with E-state index in [9.17, 15) is 19.5 Å². The highest BCUT2D eigenvalue weighted by Gasteiger charge is 2.36. The Bertz CT molecular complexity index is 1950. The van der Waals surface area contributed by atoms with Gasteiger partial charge in [0.2, 0.25) is 0 Å². The SMILES string of the molecule is CCCC1=C(C(=O)OCC)[C@@H](c2cc(Cl)ccc2OC)n2c(s/c(=C/c3ccc(-c4cccc(C(=O)O)c4C)o3)c2=O)=N1. The molecule has 4 aromatic rings. The van der Waals surface area contributed by atoms with Gasteiger partial charge in [-0.05, 0) is 62.2 Å². The molecule has 0 saturated carbocycles. The van der Waals surface area contributed by atoms with Gasteiger partial charge in [0.1, 0.15) is 23.3 Å². The maximum Gasteiger partial charge on any atom is 0.338 e. The Morgan fingerprint density at radius 2 is 1.98 bits per heavy atom. The lowest BCUT2D eigenvalue weighted by Gasteiger charge is -2.27. The fraction of sp³-hybridized carbons (Fsp3) is 0.250. The largest absolute Gasteiger partial charge is 0.496 e. The Morgan fingerprint density at radius 3 is 2.67 bits per heavy atom. The van der Waals surface area contributed by atoms with E-state index in [0.717, 1.165) is 0 Å². The summed E-state index contributed by atoms with van der Waals surface area (Å²) >= 11 is 7.58. The summed E-state index contributed by atoms with van der Waals surface area (Å²) in [6.45, 7) is 5.58. The lowest BCUT2D eigenvalue weighted by molar-refractivity contribution is -0.139. The van der Waals surface area contributed by atoms with Gasteiger partial charge in [-0.1, -0.05) is 48.4 Å². The molecule has 0 bridgehead atoms. The van der Waals surface area contributed by atoms with Gasteiger partial charge in [0.15, 0.2) is 4.80 Å². The van der Waals surface area contributed by atoms with E-state index in [2.05, 4.69) is 0 Å². The summed E-state index contributed by atoms with van der Waals surface area (Å²) in [5.41, 5.74) is 2.34. The summed E-state index contributed by atoms with van der Waals surface area (Å²) in [5.74, 6) is -0.266. The highest BCUT2D eigenvalue weighted by atomic mass is 35.5. The number of carboxylic acid groups (broad SMARTS) is 1. The number of fused-ring (bicyclic) bond motifs is 1. The number of aromatic carboxylic acids is 1. The molecular weight excluding hydrogens is 592 g/mol. The average Bonchev–Trinajstić information content (AvgIpc) is 3.56. The molecule has 0 aliphatic carbocycles. The second-order valence-electron chi connectivity index (χ2n) is 9.79. The van der Waals surface area contributed by atoms with Crippen molar-refractivity contribution in [1.29, 1.82) is 0 Å². The second-order valence-corrected chi connectivity index (χ2v) is 11.2. The van der Waals surface area contributed by atoms with Gasteiger partial charge >= 0.3 is 11.9 Å². The minimum Gasteiger partial charge on any atom is -0.496 e. The van der Waals surface area contributed by atoms with Gasteiger partial charge < -0.3 is 19.0 Å². The quantitative estimate of drug-likeness (QED) is 0.245. The van der Waals surface area contributed by atoms with Crippen molar-refractivity contribution in [1.82, 2.24) is 4.57 Å². The van der Waals surface area contributed by atoms with E-state index in [1.807, 2.05) is 6.92 Å². The first-order valence-corrected chi connectivity index (χ1v) is 14.9. The normalized spacial score (nSPS) is 14.8. The number of carboxylic acids is 1. The molecular formula is C32H29ClN2O7S. The predicted molar refractivity (Wildman–Crippen MR) is 163 cm³/mol. The molecule has 0 radical (unpaired) electrons. The maximum atomic E-state index is 14.1. The minimum atomic E-state index is -1.03. The zero-order chi connectivity index (χ0) is 30.8. The molecule has 1 atom stereocenters. The summed E-state index contributed by atoms with van der Waals surface area (Å²) in [5, 5.41) is 9.92. The Labute approximate surface area is 256 Å². The predicted octanol–water partition coefficient (Wildman–Crippen LogP) is 5.51. The van der Waals surface area contributed by atoms with E-state index < -0.39 is 18.0 Å². The summed E-state index contributed by atoms with van der Waals surface area (Å²) in [6, 6.07) is 12.6. The number of hydrogen-bond donors (Lipinski definition) is 1. The standard InChI is InChI=1S/C32H29ClN2O7S/c1-5-8-23-27(31(39)41-6-2)28(22-15-18(33)11-13-24(22)40-4)35-29(36)26(43-32(35)34-23)16-19-12-14-25(42-19)20-9-7-10-21(17(20)3)30(37)38/h7,9-16,28H,5-6,8H2,1-4H3,(H,37,38)/b26-16+/t28-/m1/s1. The van der Waals surface area contributed by atoms with Crippen molar-refractivity contribution < 1.29 is 28.6 Å². The number of nitrogens with zero attached hydrogens (tertiary/aromatic N) is 2. The number of hydrogen-bond acceptors (Lipinski definition) is 8. The highest BCUT2D eigenvalue weighted by Crippen LogP contribution is 2.38.